The van der Waals surface area contributed by atoms with E-state index in [4.69, 9.17) is 5.11 Å². The largest absolute Gasteiger partial charge is 0.481 e. The highest BCUT2D eigenvalue weighted by Gasteiger charge is 2.12. The van der Waals surface area contributed by atoms with Gasteiger partial charge in [0.25, 0.3) is 0 Å². The van der Waals surface area contributed by atoms with Crippen molar-refractivity contribution < 1.29 is 22.9 Å². The Morgan fingerprint density at radius 2 is 1.88 bits per heavy atom. The van der Waals surface area contributed by atoms with Gasteiger partial charge in [0.05, 0.1) is 12.2 Å². The van der Waals surface area contributed by atoms with Gasteiger partial charge in [0.15, 0.2) is 0 Å². The van der Waals surface area contributed by atoms with Crippen molar-refractivity contribution in [1.82, 2.24) is 0 Å². The number of carboxylic acid groups (broad SMARTS) is 1. The molecular formula is C10H10F2O3S. The molecule has 0 aliphatic heterocycles. The van der Waals surface area contributed by atoms with Crippen molar-refractivity contribution in [1.29, 1.82) is 0 Å². The number of rotatable bonds is 5. The van der Waals surface area contributed by atoms with Gasteiger partial charge >= 0.3 is 5.97 Å². The maximum absolute atomic E-state index is 13.1. The van der Waals surface area contributed by atoms with Crippen LogP contribution in [-0.2, 0) is 21.3 Å². The van der Waals surface area contributed by atoms with Crippen molar-refractivity contribution in [3.63, 3.8) is 0 Å². The Hall–Kier alpha value is -1.30. The average molecular weight is 248 g/mol. The number of benzene rings is 1. The third-order valence-corrected chi connectivity index (χ3v) is 3.18. The van der Waals surface area contributed by atoms with Crippen molar-refractivity contribution in [2.45, 2.75) is 12.2 Å². The summed E-state index contributed by atoms with van der Waals surface area (Å²) in [6.07, 6.45) is -0.275. The zero-order valence-electron chi connectivity index (χ0n) is 8.28. The molecule has 0 spiro atoms. The zero-order valence-corrected chi connectivity index (χ0v) is 9.10. The summed E-state index contributed by atoms with van der Waals surface area (Å²) in [4.78, 5) is 10.2. The van der Waals surface area contributed by atoms with Crippen molar-refractivity contribution in [2.75, 3.05) is 5.75 Å². The molecule has 1 N–H and O–H groups in total. The van der Waals surface area contributed by atoms with Crippen LogP contribution in [0.5, 0.6) is 0 Å². The van der Waals surface area contributed by atoms with Gasteiger partial charge in [-0.15, -0.1) is 0 Å². The van der Waals surface area contributed by atoms with Crippen LogP contribution in [0, 0.1) is 11.6 Å². The van der Waals surface area contributed by atoms with Gasteiger partial charge in [-0.3, -0.25) is 9.00 Å². The lowest BCUT2D eigenvalue weighted by Crippen LogP contribution is -2.08. The van der Waals surface area contributed by atoms with Crippen molar-refractivity contribution in [2.24, 2.45) is 0 Å². The average Bonchev–Trinajstić information content (AvgIpc) is 2.21. The van der Waals surface area contributed by atoms with Gasteiger partial charge in [0.1, 0.15) is 11.6 Å². The Labute approximate surface area is 93.6 Å². The molecule has 0 aliphatic carbocycles. The molecule has 1 unspecified atom stereocenters. The fourth-order valence-corrected chi connectivity index (χ4v) is 2.25. The Balaban J connectivity index is 2.66. The van der Waals surface area contributed by atoms with Crippen molar-refractivity contribution >= 4 is 16.8 Å². The molecule has 16 heavy (non-hydrogen) atoms. The van der Waals surface area contributed by atoms with E-state index in [2.05, 4.69) is 0 Å². The highest BCUT2D eigenvalue weighted by atomic mass is 32.2. The van der Waals surface area contributed by atoms with E-state index in [9.17, 15) is 17.8 Å². The van der Waals surface area contributed by atoms with Crippen LogP contribution < -0.4 is 0 Å². The number of hydrogen-bond acceptors (Lipinski definition) is 2. The quantitative estimate of drug-likeness (QED) is 0.862. The second-order valence-electron chi connectivity index (χ2n) is 3.13. The van der Waals surface area contributed by atoms with Crippen LogP contribution in [-0.4, -0.2) is 21.0 Å². The molecule has 0 saturated carbocycles. The fourth-order valence-electron chi connectivity index (χ4n) is 1.10. The van der Waals surface area contributed by atoms with Crippen molar-refractivity contribution in [3.05, 3.63) is 35.4 Å². The number of aliphatic carboxylic acids is 1. The molecule has 0 heterocycles. The molecule has 88 valence electrons. The van der Waals surface area contributed by atoms with Crippen molar-refractivity contribution in [3.8, 4) is 0 Å². The summed E-state index contributed by atoms with van der Waals surface area (Å²) < 4.78 is 37.6. The molecule has 0 amide bonds. The van der Waals surface area contributed by atoms with E-state index in [0.717, 1.165) is 12.1 Å². The third-order valence-electron chi connectivity index (χ3n) is 1.91. The summed E-state index contributed by atoms with van der Waals surface area (Å²) in [5, 5.41) is 8.36. The van der Waals surface area contributed by atoms with E-state index >= 15 is 0 Å². The van der Waals surface area contributed by atoms with Crippen LogP contribution in [0.4, 0.5) is 8.78 Å². The smallest absolute Gasteiger partial charge is 0.304 e. The van der Waals surface area contributed by atoms with E-state index in [1.807, 2.05) is 0 Å². The van der Waals surface area contributed by atoms with E-state index in [0.29, 0.717) is 0 Å². The summed E-state index contributed by atoms with van der Waals surface area (Å²) >= 11 is 0. The molecule has 0 aromatic heterocycles. The molecule has 1 aromatic carbocycles. The first-order valence-electron chi connectivity index (χ1n) is 4.50. The van der Waals surface area contributed by atoms with Crippen LogP contribution in [0.1, 0.15) is 12.0 Å². The van der Waals surface area contributed by atoms with Gasteiger partial charge in [-0.05, 0) is 12.1 Å². The van der Waals surface area contributed by atoms with E-state index in [-0.39, 0.29) is 23.5 Å². The number of halogens is 2. The normalized spacial score (nSPS) is 12.4. The first kappa shape index (κ1) is 12.8. The molecule has 0 aliphatic rings. The zero-order chi connectivity index (χ0) is 12.1. The highest BCUT2D eigenvalue weighted by Crippen LogP contribution is 2.14. The second-order valence-corrected chi connectivity index (χ2v) is 4.71. The topological polar surface area (TPSA) is 54.4 Å². The lowest BCUT2D eigenvalue weighted by Gasteiger charge is -2.04. The molecule has 0 saturated heterocycles. The number of hydrogen-bond donors (Lipinski definition) is 1. The van der Waals surface area contributed by atoms with E-state index < -0.39 is 28.4 Å². The van der Waals surface area contributed by atoms with Gasteiger partial charge in [0.2, 0.25) is 0 Å². The minimum Gasteiger partial charge on any atom is -0.481 e. The molecular weight excluding hydrogens is 238 g/mol. The predicted octanol–water partition coefficient (Wildman–Crippen LogP) is 1.69. The van der Waals surface area contributed by atoms with Gasteiger partial charge in [-0.2, -0.15) is 0 Å². The van der Waals surface area contributed by atoms with Crippen LogP contribution in [0.2, 0.25) is 0 Å². The second kappa shape index (κ2) is 5.69. The Morgan fingerprint density at radius 3 is 2.38 bits per heavy atom. The number of carboxylic acids is 1. The Kier molecular flexibility index (Phi) is 4.54. The lowest BCUT2D eigenvalue weighted by atomic mass is 10.2. The first-order chi connectivity index (χ1) is 7.50. The molecule has 1 atom stereocenters. The van der Waals surface area contributed by atoms with Crippen LogP contribution in [0.15, 0.2) is 18.2 Å². The fraction of sp³-hybridized carbons (Fsp3) is 0.300. The molecule has 1 rings (SSSR count). The molecule has 6 heteroatoms. The standard InChI is InChI=1S/C10H10F2O3S/c11-8-2-1-3-9(12)7(8)6-16(15)5-4-10(13)14/h1-3H,4-6H2,(H,13,14). The molecule has 1 aromatic rings. The minimum atomic E-state index is -1.57. The summed E-state index contributed by atoms with van der Waals surface area (Å²) in [5.74, 6) is -3.01. The summed E-state index contributed by atoms with van der Waals surface area (Å²) in [5.41, 5.74) is -0.258. The SMILES string of the molecule is O=C(O)CCS(=O)Cc1c(F)cccc1F. The van der Waals surface area contributed by atoms with E-state index in [1.165, 1.54) is 6.07 Å². The van der Waals surface area contributed by atoms with Gasteiger partial charge in [0, 0.05) is 22.1 Å². The van der Waals surface area contributed by atoms with Gasteiger partial charge in [-0.25, -0.2) is 8.78 Å². The summed E-state index contributed by atoms with van der Waals surface area (Å²) in [6, 6.07) is 3.37. The lowest BCUT2D eigenvalue weighted by molar-refractivity contribution is -0.136. The van der Waals surface area contributed by atoms with Gasteiger partial charge < -0.3 is 5.11 Å². The molecule has 0 radical (unpaired) electrons. The maximum Gasteiger partial charge on any atom is 0.304 e. The number of carbonyl (C=O) groups is 1. The monoisotopic (exact) mass is 248 g/mol. The Morgan fingerprint density at radius 1 is 1.31 bits per heavy atom. The first-order valence-corrected chi connectivity index (χ1v) is 5.99. The molecule has 0 fully saturated rings. The van der Waals surface area contributed by atoms with Crippen LogP contribution in [0.25, 0.3) is 0 Å². The summed E-state index contributed by atoms with van der Waals surface area (Å²) in [7, 11) is -1.57. The van der Waals surface area contributed by atoms with Crippen LogP contribution in [0.3, 0.4) is 0 Å². The third kappa shape index (κ3) is 3.69. The van der Waals surface area contributed by atoms with Gasteiger partial charge in [-0.1, -0.05) is 6.07 Å². The summed E-state index contributed by atoms with van der Waals surface area (Å²) in [6.45, 7) is 0. The van der Waals surface area contributed by atoms with E-state index in [1.54, 1.807) is 0 Å². The molecule has 3 nitrogen and oxygen atoms in total. The Bertz CT molecular complexity index is 400. The van der Waals surface area contributed by atoms with Crippen LogP contribution >= 0.6 is 0 Å². The maximum atomic E-state index is 13.1. The minimum absolute atomic E-state index is 0.108. The highest BCUT2D eigenvalue weighted by molar-refractivity contribution is 7.84. The molecule has 0 bridgehead atoms. The predicted molar refractivity (Wildman–Crippen MR) is 55.3 cm³/mol.